The third-order valence-electron chi connectivity index (χ3n) is 2.93. The average molecular weight is 338 g/mol. The molecule has 1 unspecified atom stereocenters. The van der Waals surface area contributed by atoms with Gasteiger partial charge >= 0.3 is 12.1 Å². The highest BCUT2D eigenvalue weighted by Crippen LogP contribution is 2.55. The lowest BCUT2D eigenvalue weighted by Gasteiger charge is -2.45. The van der Waals surface area contributed by atoms with E-state index < -0.39 is 21.5 Å². The molecule has 1 aliphatic rings. The van der Waals surface area contributed by atoms with Crippen LogP contribution in [0.15, 0.2) is 0 Å². The first kappa shape index (κ1) is 15.1. The molecule has 0 spiro atoms. The number of esters is 1. The molecule has 1 fully saturated rings. The van der Waals surface area contributed by atoms with E-state index in [-0.39, 0.29) is 12.8 Å². The van der Waals surface area contributed by atoms with Crippen LogP contribution in [-0.4, -0.2) is 21.5 Å². The molecular formula is C10H13BrClF3O2. The van der Waals surface area contributed by atoms with Gasteiger partial charge in [0.25, 0.3) is 0 Å². The van der Waals surface area contributed by atoms with Crippen LogP contribution < -0.4 is 0 Å². The zero-order chi connectivity index (χ0) is 13.3. The largest absolute Gasteiger partial charge is 0.456 e. The van der Waals surface area contributed by atoms with Gasteiger partial charge in [0.1, 0.15) is 5.60 Å². The van der Waals surface area contributed by atoms with Crippen LogP contribution in [0.25, 0.3) is 0 Å². The molecule has 0 heterocycles. The third-order valence-corrected chi connectivity index (χ3v) is 4.66. The molecule has 0 aromatic heterocycles. The molecule has 0 bridgehead atoms. The average Bonchev–Trinajstić information content (AvgIpc) is 2.16. The van der Waals surface area contributed by atoms with Crippen molar-refractivity contribution < 1.29 is 22.7 Å². The monoisotopic (exact) mass is 336 g/mol. The fraction of sp³-hybridized carbons (Fsp3) is 0.900. The van der Waals surface area contributed by atoms with Gasteiger partial charge in [-0.05, 0) is 25.7 Å². The lowest BCUT2D eigenvalue weighted by molar-refractivity contribution is -0.203. The van der Waals surface area contributed by atoms with Crippen molar-refractivity contribution in [3.05, 3.63) is 0 Å². The third kappa shape index (κ3) is 2.89. The summed E-state index contributed by atoms with van der Waals surface area (Å²) in [6.07, 6.45) is -2.53. The Kier molecular flexibility index (Phi) is 4.40. The van der Waals surface area contributed by atoms with Crippen molar-refractivity contribution in [3.63, 3.8) is 0 Å². The van der Waals surface area contributed by atoms with E-state index in [4.69, 9.17) is 16.3 Å². The molecule has 100 valence electrons. The van der Waals surface area contributed by atoms with Gasteiger partial charge in [-0.2, -0.15) is 13.2 Å². The van der Waals surface area contributed by atoms with Crippen molar-refractivity contribution in [2.45, 2.75) is 54.6 Å². The predicted octanol–water partition coefficient (Wildman–Crippen LogP) is 4.14. The topological polar surface area (TPSA) is 26.3 Å². The first-order valence-corrected chi connectivity index (χ1v) is 6.44. The molecule has 0 amide bonds. The van der Waals surface area contributed by atoms with Crippen molar-refractivity contribution >= 4 is 33.5 Å². The van der Waals surface area contributed by atoms with E-state index in [9.17, 15) is 18.0 Å². The maximum Gasteiger partial charge on any atom is 0.421 e. The number of carbonyl (C=O) groups excluding carboxylic acids is 1. The highest BCUT2D eigenvalue weighted by atomic mass is 79.9. The zero-order valence-electron chi connectivity index (χ0n) is 9.24. The number of alkyl halides is 5. The Bertz CT molecular complexity index is 298. The number of ether oxygens (including phenoxy) is 1. The second kappa shape index (κ2) is 4.96. The quantitative estimate of drug-likeness (QED) is 0.559. The Morgan fingerprint density at radius 2 is 1.76 bits per heavy atom. The second-order valence-corrected chi connectivity index (χ2v) is 6.43. The van der Waals surface area contributed by atoms with Gasteiger partial charge < -0.3 is 4.74 Å². The molecule has 1 saturated carbocycles. The molecular weight excluding hydrogens is 324 g/mol. The van der Waals surface area contributed by atoms with E-state index in [1.807, 2.05) is 0 Å². The van der Waals surface area contributed by atoms with Gasteiger partial charge in [0.05, 0.1) is 0 Å². The summed E-state index contributed by atoms with van der Waals surface area (Å²) < 4.78 is 41.0. The summed E-state index contributed by atoms with van der Waals surface area (Å²) >= 11 is 8.12. The van der Waals surface area contributed by atoms with E-state index in [1.54, 1.807) is 0 Å². The summed E-state index contributed by atoms with van der Waals surface area (Å²) in [5, 5.41) is 0. The standard InChI is InChI=1S/C10H13BrClF3O2/c1-7(16)17-8(5-3-2-4-6-8)9(11,12)10(13,14)15/h2-6H2,1H3. The summed E-state index contributed by atoms with van der Waals surface area (Å²) in [6, 6.07) is 0. The Morgan fingerprint density at radius 3 is 2.12 bits per heavy atom. The summed E-state index contributed by atoms with van der Waals surface area (Å²) in [5.41, 5.74) is -1.71. The minimum Gasteiger partial charge on any atom is -0.456 e. The minimum atomic E-state index is -4.69. The van der Waals surface area contributed by atoms with Crippen molar-refractivity contribution in [1.29, 1.82) is 0 Å². The molecule has 0 aromatic rings. The predicted molar refractivity (Wildman–Crippen MR) is 61.1 cm³/mol. The summed E-state index contributed by atoms with van der Waals surface area (Å²) in [4.78, 5) is 11.0. The van der Waals surface area contributed by atoms with E-state index in [2.05, 4.69) is 15.9 Å². The molecule has 17 heavy (non-hydrogen) atoms. The molecule has 0 radical (unpaired) electrons. The van der Waals surface area contributed by atoms with Crippen LogP contribution in [0.1, 0.15) is 39.0 Å². The smallest absolute Gasteiger partial charge is 0.421 e. The maximum atomic E-state index is 12.9. The van der Waals surface area contributed by atoms with Crippen LogP contribution in [0.3, 0.4) is 0 Å². The van der Waals surface area contributed by atoms with Crippen molar-refractivity contribution in [3.8, 4) is 0 Å². The van der Waals surface area contributed by atoms with Gasteiger partial charge in [-0.3, -0.25) is 4.79 Å². The molecule has 0 saturated heterocycles. The normalized spacial score (nSPS) is 23.9. The zero-order valence-corrected chi connectivity index (χ0v) is 11.6. The van der Waals surface area contributed by atoms with Crippen LogP contribution in [0, 0.1) is 0 Å². The SMILES string of the molecule is CC(=O)OC1(C(Cl)(Br)C(F)(F)F)CCCCC1. The fourth-order valence-electron chi connectivity index (χ4n) is 2.14. The fourth-order valence-corrected chi connectivity index (χ4v) is 2.84. The number of carbonyl (C=O) groups is 1. The van der Waals surface area contributed by atoms with Crippen LogP contribution in [0.5, 0.6) is 0 Å². The number of halogens is 5. The molecule has 0 aliphatic heterocycles. The van der Waals surface area contributed by atoms with Gasteiger partial charge in [-0.1, -0.05) is 34.0 Å². The summed E-state index contributed by atoms with van der Waals surface area (Å²) in [5.74, 6) is -0.749. The second-order valence-electron chi connectivity index (χ2n) is 4.22. The van der Waals surface area contributed by atoms with E-state index in [0.717, 1.165) is 13.3 Å². The highest BCUT2D eigenvalue weighted by Gasteiger charge is 2.66. The van der Waals surface area contributed by atoms with Gasteiger partial charge in [0, 0.05) is 6.92 Å². The van der Waals surface area contributed by atoms with Crippen molar-refractivity contribution in [2.24, 2.45) is 0 Å². The Labute approximate surface area is 111 Å². The molecule has 0 N–H and O–H groups in total. The van der Waals surface area contributed by atoms with Crippen LogP contribution >= 0.6 is 27.5 Å². The van der Waals surface area contributed by atoms with E-state index in [0.29, 0.717) is 12.8 Å². The Morgan fingerprint density at radius 1 is 1.29 bits per heavy atom. The molecule has 1 rings (SSSR count). The molecule has 1 aliphatic carbocycles. The van der Waals surface area contributed by atoms with Gasteiger partial charge in [0.2, 0.25) is 3.78 Å². The highest BCUT2D eigenvalue weighted by molar-refractivity contribution is 9.10. The molecule has 0 aromatic carbocycles. The Hall–Kier alpha value is 0.0300. The summed E-state index contributed by atoms with van der Waals surface area (Å²) in [7, 11) is 0. The maximum absolute atomic E-state index is 12.9. The first-order valence-electron chi connectivity index (χ1n) is 5.26. The van der Waals surface area contributed by atoms with E-state index >= 15 is 0 Å². The van der Waals surface area contributed by atoms with Crippen LogP contribution in [0.2, 0.25) is 0 Å². The number of rotatable bonds is 2. The summed E-state index contributed by atoms with van der Waals surface area (Å²) in [6.45, 7) is 1.09. The minimum absolute atomic E-state index is 0.112. The van der Waals surface area contributed by atoms with E-state index in [1.165, 1.54) is 0 Å². The van der Waals surface area contributed by atoms with Crippen LogP contribution in [0.4, 0.5) is 13.2 Å². The van der Waals surface area contributed by atoms with Crippen LogP contribution in [-0.2, 0) is 9.53 Å². The van der Waals surface area contributed by atoms with Crippen molar-refractivity contribution in [2.75, 3.05) is 0 Å². The van der Waals surface area contributed by atoms with Gasteiger partial charge in [-0.25, -0.2) is 0 Å². The molecule has 2 nitrogen and oxygen atoms in total. The van der Waals surface area contributed by atoms with Gasteiger partial charge in [-0.15, -0.1) is 0 Å². The van der Waals surface area contributed by atoms with Crippen molar-refractivity contribution in [1.82, 2.24) is 0 Å². The number of hydrogen-bond donors (Lipinski definition) is 0. The lowest BCUT2D eigenvalue weighted by atomic mass is 9.81. The van der Waals surface area contributed by atoms with Gasteiger partial charge in [0.15, 0.2) is 0 Å². The molecule has 1 atom stereocenters. The molecule has 7 heteroatoms. The lowest BCUT2D eigenvalue weighted by Crippen LogP contribution is -2.58. The number of hydrogen-bond acceptors (Lipinski definition) is 2. The first-order chi connectivity index (χ1) is 7.62. The Balaban J connectivity index is 3.08.